The minimum atomic E-state index is -4.06. The second kappa shape index (κ2) is 8.00. The van der Waals surface area contributed by atoms with Gasteiger partial charge in [-0.1, -0.05) is 36.4 Å². The summed E-state index contributed by atoms with van der Waals surface area (Å²) in [6.45, 7) is 0.328. The van der Waals surface area contributed by atoms with Crippen LogP contribution < -0.4 is 10.6 Å². The van der Waals surface area contributed by atoms with Crippen molar-refractivity contribution in [2.24, 2.45) is 0 Å². The smallest absolute Gasteiger partial charge is 0.325 e. The summed E-state index contributed by atoms with van der Waals surface area (Å²) in [5.41, 5.74) is 3.11. The lowest BCUT2D eigenvalue weighted by molar-refractivity contribution is 0.0827. The number of imide groups is 1. The Hall–Kier alpha value is -3.72. The predicted molar refractivity (Wildman–Crippen MR) is 121 cm³/mol. The molecule has 3 aromatic carbocycles. The highest BCUT2D eigenvalue weighted by Crippen LogP contribution is 2.39. The number of benzene rings is 3. The first-order valence-corrected chi connectivity index (χ1v) is 12.0. The molecule has 2 aliphatic rings. The molecule has 2 N–H and O–H groups in total. The van der Waals surface area contributed by atoms with Crippen molar-refractivity contribution in [3.05, 3.63) is 83.7 Å². The molecule has 0 aromatic heterocycles. The molecule has 0 bridgehead atoms. The van der Waals surface area contributed by atoms with E-state index >= 15 is 0 Å². The molecule has 9 heteroatoms. The van der Waals surface area contributed by atoms with Gasteiger partial charge in [-0.15, -0.1) is 0 Å². The van der Waals surface area contributed by atoms with Crippen molar-refractivity contribution < 1.29 is 22.4 Å². The minimum absolute atomic E-state index is 0.0308. The average molecular weight is 466 g/mol. The molecule has 0 radical (unpaired) electrons. The molecule has 2 aliphatic heterocycles. The number of hydrogen-bond donors (Lipinski definition) is 2. The predicted octanol–water partition coefficient (Wildman–Crippen LogP) is 3.43. The number of sulfone groups is 1. The SMILES string of the molecule is O=C1NC(S(=O)(=O)c2ccc3c(c2-c2ccccc2)CCN3)CN1C(=O)c1cccc(F)c1. The molecule has 2 heterocycles. The largest absolute Gasteiger partial charge is 0.384 e. The lowest BCUT2D eigenvalue weighted by atomic mass is 9.98. The number of anilines is 1. The summed E-state index contributed by atoms with van der Waals surface area (Å²) in [5, 5.41) is 4.36. The summed E-state index contributed by atoms with van der Waals surface area (Å²) in [7, 11) is -4.06. The van der Waals surface area contributed by atoms with Crippen LogP contribution in [0.2, 0.25) is 0 Å². The van der Waals surface area contributed by atoms with E-state index < -0.39 is 33.0 Å². The first-order valence-electron chi connectivity index (χ1n) is 10.4. The van der Waals surface area contributed by atoms with E-state index in [9.17, 15) is 22.4 Å². The third-order valence-corrected chi connectivity index (χ3v) is 7.87. The molecule has 1 atom stereocenters. The summed E-state index contributed by atoms with van der Waals surface area (Å²) < 4.78 is 40.9. The minimum Gasteiger partial charge on any atom is -0.384 e. The van der Waals surface area contributed by atoms with Crippen molar-refractivity contribution in [1.82, 2.24) is 10.2 Å². The van der Waals surface area contributed by atoms with Gasteiger partial charge in [0.25, 0.3) is 5.91 Å². The number of rotatable bonds is 4. The Balaban J connectivity index is 1.53. The molecule has 3 aromatic rings. The fraction of sp³-hybridized carbons (Fsp3) is 0.167. The highest BCUT2D eigenvalue weighted by Gasteiger charge is 2.43. The number of urea groups is 1. The molecular formula is C24H20FN3O4S. The van der Waals surface area contributed by atoms with Gasteiger partial charge in [0.2, 0.25) is 9.84 Å². The standard InChI is InChI=1S/C24H20FN3O4S/c25-17-8-4-7-16(13-17)23(29)28-14-21(27-24(28)30)33(31,32)20-10-9-19-18(11-12-26-19)22(20)15-5-2-1-3-6-15/h1-10,13,21,26H,11-12,14H2,(H,27,30). The second-order valence-corrected chi connectivity index (χ2v) is 10.0. The van der Waals surface area contributed by atoms with Gasteiger partial charge in [0.05, 0.1) is 11.4 Å². The number of hydrogen-bond acceptors (Lipinski definition) is 5. The van der Waals surface area contributed by atoms with E-state index in [4.69, 9.17) is 0 Å². The van der Waals surface area contributed by atoms with Gasteiger partial charge in [-0.25, -0.2) is 17.6 Å². The molecule has 3 amide bonds. The summed E-state index contributed by atoms with van der Waals surface area (Å²) in [4.78, 5) is 26.2. The number of nitrogens with one attached hydrogen (secondary N) is 2. The summed E-state index contributed by atoms with van der Waals surface area (Å²) in [6, 6.07) is 16.6. The van der Waals surface area contributed by atoms with Gasteiger partial charge in [-0.05, 0) is 47.9 Å². The Bertz CT molecular complexity index is 1380. The molecule has 168 valence electrons. The molecule has 1 fully saturated rings. The van der Waals surface area contributed by atoms with Crippen molar-refractivity contribution in [2.45, 2.75) is 16.7 Å². The fourth-order valence-electron chi connectivity index (χ4n) is 4.32. The molecular weight excluding hydrogens is 445 g/mol. The molecule has 0 spiro atoms. The molecule has 7 nitrogen and oxygen atoms in total. The monoisotopic (exact) mass is 465 g/mol. The normalized spacial score (nSPS) is 17.4. The maximum absolute atomic E-state index is 13.7. The van der Waals surface area contributed by atoms with Crippen LogP contribution in [0, 0.1) is 5.82 Å². The topological polar surface area (TPSA) is 95.6 Å². The van der Waals surface area contributed by atoms with Crippen LogP contribution in [0.1, 0.15) is 15.9 Å². The number of amides is 3. The molecule has 5 rings (SSSR count). The van der Waals surface area contributed by atoms with Crippen molar-refractivity contribution in [3.63, 3.8) is 0 Å². The van der Waals surface area contributed by atoms with Gasteiger partial charge in [0, 0.05) is 23.4 Å². The molecule has 1 unspecified atom stereocenters. The van der Waals surface area contributed by atoms with Crippen molar-refractivity contribution in [1.29, 1.82) is 0 Å². The van der Waals surface area contributed by atoms with Crippen LogP contribution in [-0.4, -0.2) is 43.7 Å². The molecule has 0 saturated carbocycles. The first kappa shape index (κ1) is 21.1. The number of carbonyl (C=O) groups excluding carboxylic acids is 2. The Morgan fingerprint density at radius 1 is 1.03 bits per heavy atom. The average Bonchev–Trinajstić information content (AvgIpc) is 3.45. The number of fused-ring (bicyclic) bond motifs is 1. The second-order valence-electron chi connectivity index (χ2n) is 7.92. The number of carbonyl (C=O) groups is 2. The zero-order valence-corrected chi connectivity index (χ0v) is 18.2. The Kier molecular flexibility index (Phi) is 5.13. The number of halogens is 1. The van der Waals surface area contributed by atoms with E-state index in [1.807, 2.05) is 30.3 Å². The van der Waals surface area contributed by atoms with Crippen LogP contribution in [0.15, 0.2) is 71.6 Å². The van der Waals surface area contributed by atoms with Crippen LogP contribution >= 0.6 is 0 Å². The van der Waals surface area contributed by atoms with Gasteiger partial charge in [-0.2, -0.15) is 0 Å². The lowest BCUT2D eigenvalue weighted by Crippen LogP contribution is -2.35. The highest BCUT2D eigenvalue weighted by molar-refractivity contribution is 7.92. The fourth-order valence-corrected chi connectivity index (χ4v) is 6.01. The maximum atomic E-state index is 13.7. The Morgan fingerprint density at radius 2 is 1.82 bits per heavy atom. The summed E-state index contributed by atoms with van der Waals surface area (Å²) in [5.74, 6) is -1.38. The van der Waals surface area contributed by atoms with Crippen LogP contribution in [-0.2, 0) is 16.3 Å². The highest BCUT2D eigenvalue weighted by atomic mass is 32.2. The Labute approximate surface area is 190 Å². The van der Waals surface area contributed by atoms with Gasteiger partial charge < -0.3 is 10.6 Å². The van der Waals surface area contributed by atoms with E-state index in [2.05, 4.69) is 10.6 Å². The van der Waals surface area contributed by atoms with Crippen LogP contribution in [0.4, 0.5) is 14.9 Å². The van der Waals surface area contributed by atoms with Gasteiger partial charge in [0.15, 0.2) is 5.37 Å². The van der Waals surface area contributed by atoms with E-state index in [1.54, 1.807) is 6.07 Å². The van der Waals surface area contributed by atoms with Crippen molar-refractivity contribution in [3.8, 4) is 11.1 Å². The maximum Gasteiger partial charge on any atom is 0.325 e. The van der Waals surface area contributed by atoms with Gasteiger partial charge in [0.1, 0.15) is 5.82 Å². The molecule has 0 aliphatic carbocycles. The van der Waals surface area contributed by atoms with Crippen molar-refractivity contribution in [2.75, 3.05) is 18.4 Å². The van der Waals surface area contributed by atoms with E-state index in [1.165, 1.54) is 24.3 Å². The first-order chi connectivity index (χ1) is 15.9. The Morgan fingerprint density at radius 3 is 2.58 bits per heavy atom. The third-order valence-electron chi connectivity index (χ3n) is 5.90. The van der Waals surface area contributed by atoms with Crippen LogP contribution in [0.3, 0.4) is 0 Å². The summed E-state index contributed by atoms with van der Waals surface area (Å²) in [6.07, 6.45) is 0.671. The van der Waals surface area contributed by atoms with E-state index in [0.29, 0.717) is 18.5 Å². The van der Waals surface area contributed by atoms with E-state index in [0.717, 1.165) is 27.8 Å². The molecule has 1 saturated heterocycles. The van der Waals surface area contributed by atoms with Gasteiger partial charge >= 0.3 is 6.03 Å². The lowest BCUT2D eigenvalue weighted by Gasteiger charge is -2.18. The van der Waals surface area contributed by atoms with Crippen molar-refractivity contribution >= 4 is 27.5 Å². The van der Waals surface area contributed by atoms with E-state index in [-0.39, 0.29) is 17.0 Å². The molecule has 33 heavy (non-hydrogen) atoms. The third kappa shape index (κ3) is 3.64. The summed E-state index contributed by atoms with van der Waals surface area (Å²) >= 11 is 0. The van der Waals surface area contributed by atoms with Crippen LogP contribution in [0.5, 0.6) is 0 Å². The quantitative estimate of drug-likeness (QED) is 0.616. The zero-order chi connectivity index (χ0) is 23.2. The van der Waals surface area contributed by atoms with Crippen LogP contribution in [0.25, 0.3) is 11.1 Å². The zero-order valence-electron chi connectivity index (χ0n) is 17.4. The van der Waals surface area contributed by atoms with Gasteiger partial charge in [-0.3, -0.25) is 9.69 Å². The number of nitrogens with zero attached hydrogens (tertiary/aromatic N) is 1.